The second kappa shape index (κ2) is 8.39. The van der Waals surface area contributed by atoms with E-state index in [0.717, 1.165) is 56.3 Å². The molecule has 0 saturated carbocycles. The Balaban J connectivity index is 1.73. The van der Waals surface area contributed by atoms with Crippen LogP contribution in [0, 0.1) is 5.92 Å². The van der Waals surface area contributed by atoms with Crippen molar-refractivity contribution in [3.8, 4) is 0 Å². The van der Waals surface area contributed by atoms with Crippen molar-refractivity contribution in [1.82, 2.24) is 15.1 Å². The highest BCUT2D eigenvalue weighted by atomic mass is 35.5. The van der Waals surface area contributed by atoms with Crippen LogP contribution in [0.25, 0.3) is 0 Å². The second-order valence-corrected chi connectivity index (χ2v) is 6.68. The van der Waals surface area contributed by atoms with Gasteiger partial charge in [0.1, 0.15) is 0 Å². The van der Waals surface area contributed by atoms with Gasteiger partial charge in [-0.3, -0.25) is 4.90 Å². The van der Waals surface area contributed by atoms with Crippen molar-refractivity contribution in [2.45, 2.75) is 26.8 Å². The quantitative estimate of drug-likeness (QED) is 0.903. The standard InChI is InChI=1S/C17H26ClN3O/c1-14(2)7-8-19-17(22)21-11-9-20(10-12-21)13-15-5-3-4-6-16(15)18/h3-6,14H,7-13H2,1-2H3,(H,19,22). The number of hydrogen-bond donors (Lipinski definition) is 1. The Labute approximate surface area is 138 Å². The van der Waals surface area contributed by atoms with E-state index in [4.69, 9.17) is 11.6 Å². The van der Waals surface area contributed by atoms with E-state index in [2.05, 4.69) is 30.1 Å². The van der Waals surface area contributed by atoms with Crippen molar-refractivity contribution in [3.63, 3.8) is 0 Å². The lowest BCUT2D eigenvalue weighted by Gasteiger charge is -2.34. The lowest BCUT2D eigenvalue weighted by atomic mass is 10.1. The molecule has 0 radical (unpaired) electrons. The molecule has 122 valence electrons. The van der Waals surface area contributed by atoms with E-state index in [9.17, 15) is 4.79 Å². The van der Waals surface area contributed by atoms with Crippen molar-refractivity contribution in [2.75, 3.05) is 32.7 Å². The highest BCUT2D eigenvalue weighted by Gasteiger charge is 2.21. The summed E-state index contributed by atoms with van der Waals surface area (Å²) in [6.07, 6.45) is 1.03. The molecule has 0 aliphatic carbocycles. The summed E-state index contributed by atoms with van der Waals surface area (Å²) in [5.74, 6) is 0.618. The molecule has 1 N–H and O–H groups in total. The van der Waals surface area contributed by atoms with E-state index in [1.165, 1.54) is 0 Å². The molecule has 1 aromatic carbocycles. The first-order valence-electron chi connectivity index (χ1n) is 8.05. The fourth-order valence-corrected chi connectivity index (χ4v) is 2.75. The summed E-state index contributed by atoms with van der Waals surface area (Å²) < 4.78 is 0. The van der Waals surface area contributed by atoms with Crippen molar-refractivity contribution >= 4 is 17.6 Å². The van der Waals surface area contributed by atoms with Crippen LogP contribution in [-0.4, -0.2) is 48.6 Å². The number of amides is 2. The predicted molar refractivity (Wildman–Crippen MR) is 91.2 cm³/mol. The van der Waals surface area contributed by atoms with Gasteiger partial charge in [0.05, 0.1) is 0 Å². The van der Waals surface area contributed by atoms with Gasteiger partial charge in [-0.1, -0.05) is 43.6 Å². The van der Waals surface area contributed by atoms with E-state index in [-0.39, 0.29) is 6.03 Å². The molecule has 22 heavy (non-hydrogen) atoms. The fourth-order valence-electron chi connectivity index (χ4n) is 2.56. The molecule has 4 nitrogen and oxygen atoms in total. The van der Waals surface area contributed by atoms with Gasteiger partial charge in [0.15, 0.2) is 0 Å². The maximum atomic E-state index is 12.1. The normalized spacial score (nSPS) is 16.1. The number of nitrogens with zero attached hydrogens (tertiary/aromatic N) is 2. The van der Waals surface area contributed by atoms with Crippen molar-refractivity contribution < 1.29 is 4.79 Å². The monoisotopic (exact) mass is 323 g/mol. The molecule has 2 rings (SSSR count). The zero-order valence-corrected chi connectivity index (χ0v) is 14.3. The summed E-state index contributed by atoms with van der Waals surface area (Å²) in [5.41, 5.74) is 1.15. The Morgan fingerprint density at radius 2 is 1.91 bits per heavy atom. The SMILES string of the molecule is CC(C)CCNC(=O)N1CCN(Cc2ccccc2Cl)CC1. The van der Waals surface area contributed by atoms with E-state index in [1.807, 2.05) is 23.1 Å². The Bertz CT molecular complexity index is 485. The molecule has 2 amide bonds. The van der Waals surface area contributed by atoms with Crippen LogP contribution in [0.5, 0.6) is 0 Å². The number of urea groups is 1. The summed E-state index contributed by atoms with van der Waals surface area (Å²) in [7, 11) is 0. The molecule has 0 atom stereocenters. The van der Waals surface area contributed by atoms with Gasteiger partial charge in [0, 0.05) is 44.3 Å². The molecular formula is C17H26ClN3O. The zero-order valence-electron chi connectivity index (χ0n) is 13.5. The molecule has 5 heteroatoms. The van der Waals surface area contributed by atoms with Crippen molar-refractivity contribution in [2.24, 2.45) is 5.92 Å². The van der Waals surface area contributed by atoms with Gasteiger partial charge < -0.3 is 10.2 Å². The second-order valence-electron chi connectivity index (χ2n) is 6.27. The molecule has 1 aromatic rings. The zero-order chi connectivity index (χ0) is 15.9. The number of rotatable bonds is 5. The Morgan fingerprint density at radius 3 is 2.55 bits per heavy atom. The van der Waals surface area contributed by atoms with E-state index in [1.54, 1.807) is 0 Å². The van der Waals surface area contributed by atoms with Crippen LogP contribution in [0.2, 0.25) is 5.02 Å². The number of hydrogen-bond acceptors (Lipinski definition) is 2. The van der Waals surface area contributed by atoms with E-state index in [0.29, 0.717) is 5.92 Å². The highest BCUT2D eigenvalue weighted by Crippen LogP contribution is 2.17. The lowest BCUT2D eigenvalue weighted by molar-refractivity contribution is 0.135. The maximum absolute atomic E-state index is 12.1. The smallest absolute Gasteiger partial charge is 0.317 e. The van der Waals surface area contributed by atoms with Gasteiger partial charge in [-0.15, -0.1) is 0 Å². The van der Waals surface area contributed by atoms with Gasteiger partial charge >= 0.3 is 6.03 Å². The summed E-state index contributed by atoms with van der Waals surface area (Å²) in [6, 6.07) is 8.02. The molecule has 0 bridgehead atoms. The van der Waals surface area contributed by atoms with Crippen LogP contribution in [0.1, 0.15) is 25.8 Å². The molecule has 1 heterocycles. The van der Waals surface area contributed by atoms with E-state index < -0.39 is 0 Å². The van der Waals surface area contributed by atoms with Crippen LogP contribution in [0.3, 0.4) is 0 Å². The van der Waals surface area contributed by atoms with Gasteiger partial charge in [-0.05, 0) is 24.0 Å². The molecule has 1 saturated heterocycles. The topological polar surface area (TPSA) is 35.6 Å². The van der Waals surface area contributed by atoms with Crippen LogP contribution in [0.15, 0.2) is 24.3 Å². The van der Waals surface area contributed by atoms with Crippen LogP contribution in [0.4, 0.5) is 4.79 Å². The Kier molecular flexibility index (Phi) is 6.52. The van der Waals surface area contributed by atoms with Crippen molar-refractivity contribution in [3.05, 3.63) is 34.9 Å². The van der Waals surface area contributed by atoms with Gasteiger partial charge in [0.25, 0.3) is 0 Å². The number of carbonyl (C=O) groups is 1. The average molecular weight is 324 g/mol. The summed E-state index contributed by atoms with van der Waals surface area (Å²) in [5, 5.41) is 3.82. The van der Waals surface area contributed by atoms with Crippen molar-refractivity contribution in [1.29, 1.82) is 0 Å². The third-order valence-electron chi connectivity index (χ3n) is 4.01. The molecule has 1 fully saturated rings. The molecule has 1 aliphatic rings. The Morgan fingerprint density at radius 1 is 1.23 bits per heavy atom. The average Bonchev–Trinajstić information content (AvgIpc) is 2.50. The molecule has 0 spiro atoms. The third-order valence-corrected chi connectivity index (χ3v) is 4.38. The summed E-state index contributed by atoms with van der Waals surface area (Å²) in [6.45, 7) is 9.28. The number of benzene rings is 1. The first-order chi connectivity index (χ1) is 10.6. The van der Waals surface area contributed by atoms with Gasteiger partial charge in [0.2, 0.25) is 0 Å². The number of piperazine rings is 1. The molecule has 0 unspecified atom stereocenters. The number of halogens is 1. The first kappa shape index (κ1) is 17.1. The minimum absolute atomic E-state index is 0.0676. The first-order valence-corrected chi connectivity index (χ1v) is 8.42. The summed E-state index contributed by atoms with van der Waals surface area (Å²) in [4.78, 5) is 16.3. The maximum Gasteiger partial charge on any atom is 0.317 e. The highest BCUT2D eigenvalue weighted by molar-refractivity contribution is 6.31. The van der Waals surface area contributed by atoms with Crippen LogP contribution in [-0.2, 0) is 6.54 Å². The lowest BCUT2D eigenvalue weighted by Crippen LogP contribution is -2.51. The van der Waals surface area contributed by atoms with E-state index >= 15 is 0 Å². The minimum Gasteiger partial charge on any atom is -0.338 e. The van der Waals surface area contributed by atoms with Gasteiger partial charge in [-0.2, -0.15) is 0 Å². The Hall–Kier alpha value is -1.26. The van der Waals surface area contributed by atoms with Crippen LogP contribution < -0.4 is 5.32 Å². The fraction of sp³-hybridized carbons (Fsp3) is 0.588. The summed E-state index contributed by atoms with van der Waals surface area (Å²) >= 11 is 6.20. The minimum atomic E-state index is 0.0676. The molecule has 0 aromatic heterocycles. The predicted octanol–water partition coefficient (Wildman–Crippen LogP) is 3.21. The largest absolute Gasteiger partial charge is 0.338 e. The van der Waals surface area contributed by atoms with Gasteiger partial charge in [-0.25, -0.2) is 4.79 Å². The number of carbonyl (C=O) groups excluding carboxylic acids is 1. The third kappa shape index (κ3) is 5.18. The number of nitrogens with one attached hydrogen (secondary N) is 1. The van der Waals surface area contributed by atoms with Crippen LogP contribution >= 0.6 is 11.6 Å². The molecular weight excluding hydrogens is 298 g/mol. The molecule has 1 aliphatic heterocycles.